The molecule has 6 heteroatoms. The third-order valence-electron chi connectivity index (χ3n) is 2.93. The number of halogens is 3. The zero-order valence-corrected chi connectivity index (χ0v) is 15.7. The highest BCUT2D eigenvalue weighted by Crippen LogP contribution is 2.31. The Hall–Kier alpha value is -0.590. The van der Waals surface area contributed by atoms with E-state index in [2.05, 4.69) is 46.7 Å². The molecule has 0 aliphatic carbocycles. The van der Waals surface area contributed by atoms with E-state index in [4.69, 9.17) is 28.2 Å². The Morgan fingerprint density at radius 3 is 2.52 bits per heavy atom. The molecule has 0 amide bonds. The summed E-state index contributed by atoms with van der Waals surface area (Å²) in [6.07, 6.45) is 0.897. The summed E-state index contributed by atoms with van der Waals surface area (Å²) in [4.78, 5) is 9.26. The van der Waals surface area contributed by atoms with Crippen molar-refractivity contribution >= 4 is 51.6 Å². The van der Waals surface area contributed by atoms with Gasteiger partial charge in [0.15, 0.2) is 5.82 Å². The van der Waals surface area contributed by atoms with Gasteiger partial charge in [-0.25, -0.2) is 9.97 Å². The smallest absolute Gasteiger partial charge is 0.163 e. The Kier molecular flexibility index (Phi) is 5.68. The fraction of sp³-hybridized carbons (Fsp3) is 0.333. The van der Waals surface area contributed by atoms with Gasteiger partial charge in [-0.05, 0) is 53.1 Å². The second kappa shape index (κ2) is 7.11. The van der Waals surface area contributed by atoms with Crippen LogP contribution in [0.25, 0.3) is 11.4 Å². The van der Waals surface area contributed by atoms with E-state index in [0.717, 1.165) is 27.1 Å². The molecular weight excluding hydrogens is 420 g/mol. The van der Waals surface area contributed by atoms with Gasteiger partial charge in [0.1, 0.15) is 5.82 Å². The first kappa shape index (κ1) is 16.8. The minimum absolute atomic E-state index is 0.520. The lowest BCUT2D eigenvalue weighted by atomic mass is 10.1. The van der Waals surface area contributed by atoms with E-state index < -0.39 is 0 Å². The fourth-order valence-electron chi connectivity index (χ4n) is 1.97. The highest BCUT2D eigenvalue weighted by Gasteiger charge is 2.15. The Morgan fingerprint density at radius 1 is 1.24 bits per heavy atom. The van der Waals surface area contributed by atoms with Crippen LogP contribution in [0.5, 0.6) is 0 Å². The van der Waals surface area contributed by atoms with E-state index in [1.807, 2.05) is 13.1 Å². The van der Waals surface area contributed by atoms with Crippen LogP contribution in [0.2, 0.25) is 10.0 Å². The van der Waals surface area contributed by atoms with Crippen LogP contribution >= 0.6 is 45.8 Å². The topological polar surface area (TPSA) is 37.8 Å². The molecule has 2 aromatic rings. The predicted octanol–water partition coefficient (Wildman–Crippen LogP) is 5.30. The number of hydrogen-bond donors (Lipinski definition) is 1. The minimum atomic E-state index is 0.520. The number of nitrogens with one attached hydrogen (secondary N) is 1. The number of rotatable bonds is 4. The second-order valence-electron chi connectivity index (χ2n) is 5.13. The minimum Gasteiger partial charge on any atom is -0.372 e. The zero-order chi connectivity index (χ0) is 15.6. The van der Waals surface area contributed by atoms with Crippen LogP contribution in [0.15, 0.2) is 18.2 Å². The van der Waals surface area contributed by atoms with E-state index in [9.17, 15) is 0 Å². The molecule has 1 heterocycles. The molecule has 0 aliphatic rings. The van der Waals surface area contributed by atoms with Gasteiger partial charge in [0.25, 0.3) is 0 Å². The van der Waals surface area contributed by atoms with Crippen molar-refractivity contribution in [3.8, 4) is 11.4 Å². The van der Waals surface area contributed by atoms with Crippen LogP contribution in [0.4, 0.5) is 5.82 Å². The van der Waals surface area contributed by atoms with Crippen molar-refractivity contribution in [2.75, 3.05) is 12.4 Å². The molecule has 0 aliphatic heterocycles. The van der Waals surface area contributed by atoms with Crippen LogP contribution in [-0.2, 0) is 6.42 Å². The predicted molar refractivity (Wildman–Crippen MR) is 98.3 cm³/mol. The summed E-state index contributed by atoms with van der Waals surface area (Å²) in [7, 11) is 1.86. The molecule has 2 rings (SSSR count). The summed E-state index contributed by atoms with van der Waals surface area (Å²) in [6, 6.07) is 5.36. The van der Waals surface area contributed by atoms with Crippen LogP contribution in [0, 0.1) is 9.49 Å². The Labute approximate surface area is 148 Å². The summed E-state index contributed by atoms with van der Waals surface area (Å²) < 4.78 is 1.05. The lowest BCUT2D eigenvalue weighted by Gasteiger charge is -2.13. The summed E-state index contributed by atoms with van der Waals surface area (Å²) in [5.41, 5.74) is 1.82. The second-order valence-corrected chi connectivity index (χ2v) is 7.05. The Bertz CT molecular complexity index is 660. The largest absolute Gasteiger partial charge is 0.372 e. The van der Waals surface area contributed by atoms with Gasteiger partial charge in [-0.2, -0.15) is 0 Å². The third kappa shape index (κ3) is 3.99. The monoisotopic (exact) mass is 435 g/mol. The van der Waals surface area contributed by atoms with Gasteiger partial charge in [-0.3, -0.25) is 0 Å². The van der Waals surface area contributed by atoms with Gasteiger partial charge in [0, 0.05) is 17.6 Å². The first-order valence-electron chi connectivity index (χ1n) is 6.62. The molecule has 0 fully saturated rings. The maximum Gasteiger partial charge on any atom is 0.163 e. The molecule has 0 saturated heterocycles. The molecule has 112 valence electrons. The van der Waals surface area contributed by atoms with Crippen LogP contribution in [-0.4, -0.2) is 17.0 Å². The molecule has 1 N–H and O–H groups in total. The van der Waals surface area contributed by atoms with E-state index in [0.29, 0.717) is 21.8 Å². The van der Waals surface area contributed by atoms with Gasteiger partial charge in [-0.15, -0.1) is 0 Å². The summed E-state index contributed by atoms with van der Waals surface area (Å²) >= 11 is 14.5. The van der Waals surface area contributed by atoms with E-state index in [1.54, 1.807) is 12.1 Å². The number of nitrogens with zero attached hydrogens (tertiary/aromatic N) is 2. The molecule has 21 heavy (non-hydrogen) atoms. The van der Waals surface area contributed by atoms with E-state index in [-0.39, 0.29) is 0 Å². The van der Waals surface area contributed by atoms with Crippen molar-refractivity contribution in [1.29, 1.82) is 0 Å². The summed E-state index contributed by atoms with van der Waals surface area (Å²) in [5.74, 6) is 1.96. The van der Waals surface area contributed by atoms with Crippen molar-refractivity contribution in [2.45, 2.75) is 20.3 Å². The van der Waals surface area contributed by atoms with Crippen molar-refractivity contribution < 1.29 is 0 Å². The maximum absolute atomic E-state index is 6.27. The van der Waals surface area contributed by atoms with Crippen molar-refractivity contribution in [2.24, 2.45) is 5.92 Å². The van der Waals surface area contributed by atoms with Crippen molar-refractivity contribution in [1.82, 2.24) is 9.97 Å². The highest BCUT2D eigenvalue weighted by molar-refractivity contribution is 14.1. The number of benzene rings is 1. The molecular formula is C15H16Cl2IN3. The highest BCUT2D eigenvalue weighted by atomic mass is 127. The van der Waals surface area contributed by atoms with Crippen LogP contribution in [0.3, 0.4) is 0 Å². The third-order valence-corrected chi connectivity index (χ3v) is 4.61. The van der Waals surface area contributed by atoms with Gasteiger partial charge >= 0.3 is 0 Å². The molecule has 0 radical (unpaired) electrons. The first-order valence-corrected chi connectivity index (χ1v) is 8.45. The maximum atomic E-state index is 6.27. The lowest BCUT2D eigenvalue weighted by molar-refractivity contribution is 0.632. The average molecular weight is 436 g/mol. The molecule has 3 nitrogen and oxygen atoms in total. The molecule has 0 bridgehead atoms. The van der Waals surface area contributed by atoms with Gasteiger partial charge in [0.2, 0.25) is 0 Å². The number of hydrogen-bond acceptors (Lipinski definition) is 3. The molecule has 0 saturated carbocycles. The van der Waals surface area contributed by atoms with Crippen LogP contribution < -0.4 is 5.32 Å². The fourth-order valence-corrected chi connectivity index (χ4v) is 3.20. The number of anilines is 1. The standard InChI is InChI=1S/C15H16Cl2IN3/c1-8(2)6-12-13(18)15(19-3)21-14(20-12)10-5-4-9(16)7-11(10)17/h4-5,7-8H,6H2,1-3H3,(H,19,20,21). The van der Waals surface area contributed by atoms with Crippen LogP contribution in [0.1, 0.15) is 19.5 Å². The Balaban J connectivity index is 2.58. The zero-order valence-electron chi connectivity index (χ0n) is 12.0. The summed E-state index contributed by atoms with van der Waals surface area (Å²) in [5, 5.41) is 4.28. The Morgan fingerprint density at radius 2 is 1.95 bits per heavy atom. The van der Waals surface area contributed by atoms with Crippen molar-refractivity contribution in [3.05, 3.63) is 37.5 Å². The van der Waals surface area contributed by atoms with E-state index in [1.165, 1.54) is 0 Å². The van der Waals surface area contributed by atoms with Gasteiger partial charge < -0.3 is 5.32 Å². The van der Waals surface area contributed by atoms with E-state index >= 15 is 0 Å². The molecule has 1 aromatic heterocycles. The first-order chi connectivity index (χ1) is 9.92. The average Bonchev–Trinajstić information content (AvgIpc) is 2.41. The van der Waals surface area contributed by atoms with Gasteiger partial charge in [-0.1, -0.05) is 37.0 Å². The molecule has 0 spiro atoms. The van der Waals surface area contributed by atoms with Gasteiger partial charge in [0.05, 0.1) is 14.3 Å². The van der Waals surface area contributed by atoms with Crippen molar-refractivity contribution in [3.63, 3.8) is 0 Å². The molecule has 0 atom stereocenters. The lowest BCUT2D eigenvalue weighted by Crippen LogP contribution is -2.08. The molecule has 0 unspecified atom stereocenters. The summed E-state index contributed by atoms with van der Waals surface area (Å²) in [6.45, 7) is 4.35. The number of aromatic nitrogens is 2. The normalized spacial score (nSPS) is 11.0. The SMILES string of the molecule is CNc1nc(-c2ccc(Cl)cc2Cl)nc(CC(C)C)c1I. The molecule has 1 aromatic carbocycles. The quantitative estimate of drug-likeness (QED) is 0.662.